The zero-order valence-corrected chi connectivity index (χ0v) is 13.2. The topological polar surface area (TPSA) is 51.1 Å². The molecule has 5 heteroatoms. The second-order valence-electron chi connectivity index (χ2n) is 5.78. The molecule has 1 heterocycles. The predicted octanol–water partition coefficient (Wildman–Crippen LogP) is 3.09. The van der Waals surface area contributed by atoms with E-state index in [0.717, 1.165) is 17.5 Å². The number of benzene rings is 1. The average molecular weight is 317 g/mol. The van der Waals surface area contributed by atoms with Gasteiger partial charge in [-0.05, 0) is 48.6 Å². The fourth-order valence-electron chi connectivity index (χ4n) is 2.65. The smallest absolute Gasteiger partial charge is 0.274 e. The highest BCUT2D eigenvalue weighted by Crippen LogP contribution is 2.48. The van der Waals surface area contributed by atoms with E-state index in [1.165, 1.54) is 4.57 Å². The number of rotatable bonds is 3. The van der Waals surface area contributed by atoms with Crippen LogP contribution in [0.5, 0.6) is 0 Å². The van der Waals surface area contributed by atoms with E-state index in [-0.39, 0.29) is 23.3 Å². The Morgan fingerprint density at radius 2 is 1.95 bits per heavy atom. The lowest BCUT2D eigenvalue weighted by Gasteiger charge is -2.09. The first-order valence-corrected chi connectivity index (χ1v) is 7.57. The molecule has 0 radical (unpaired) electrons. The Kier molecular flexibility index (Phi) is 3.79. The summed E-state index contributed by atoms with van der Waals surface area (Å²) < 4.78 is 1.46. The van der Waals surface area contributed by atoms with Crippen molar-refractivity contribution in [3.05, 3.63) is 63.0 Å². The summed E-state index contributed by atoms with van der Waals surface area (Å²) in [5, 5.41) is 3.48. The largest absolute Gasteiger partial charge is 0.321 e. The molecule has 0 saturated heterocycles. The number of carbonyl (C=O) groups is 1. The highest BCUT2D eigenvalue weighted by Gasteiger charge is 2.44. The van der Waals surface area contributed by atoms with Crippen molar-refractivity contribution in [3.8, 4) is 0 Å². The van der Waals surface area contributed by atoms with E-state index in [9.17, 15) is 9.59 Å². The number of amides is 1. The molecule has 1 N–H and O–H groups in total. The third-order valence-electron chi connectivity index (χ3n) is 4.15. The lowest BCUT2D eigenvalue weighted by Crippen LogP contribution is -2.26. The highest BCUT2D eigenvalue weighted by atomic mass is 35.5. The summed E-state index contributed by atoms with van der Waals surface area (Å²) in [6, 6.07) is 9.39. The van der Waals surface area contributed by atoms with Gasteiger partial charge in [0.25, 0.3) is 5.56 Å². The first kappa shape index (κ1) is 14.9. The minimum absolute atomic E-state index is 0.0783. The maximum absolute atomic E-state index is 12.4. The van der Waals surface area contributed by atoms with E-state index in [2.05, 4.69) is 5.32 Å². The lowest BCUT2D eigenvalue weighted by atomic mass is 10.1. The summed E-state index contributed by atoms with van der Waals surface area (Å²) >= 11 is 5.88. The van der Waals surface area contributed by atoms with Gasteiger partial charge < -0.3 is 9.88 Å². The molecule has 3 rings (SSSR count). The molecule has 1 saturated carbocycles. The second kappa shape index (κ2) is 5.61. The first-order valence-electron chi connectivity index (χ1n) is 7.20. The zero-order valence-electron chi connectivity index (χ0n) is 12.5. The van der Waals surface area contributed by atoms with Crippen LogP contribution < -0.4 is 10.9 Å². The Labute approximate surface area is 133 Å². The third kappa shape index (κ3) is 2.79. The lowest BCUT2D eigenvalue weighted by molar-refractivity contribution is -0.117. The molecule has 2 aromatic rings. The van der Waals surface area contributed by atoms with Crippen LogP contribution in [0.2, 0.25) is 5.02 Å². The Hall–Kier alpha value is -2.07. The van der Waals surface area contributed by atoms with Crippen molar-refractivity contribution in [2.45, 2.75) is 19.3 Å². The van der Waals surface area contributed by atoms with Crippen LogP contribution in [0.1, 0.15) is 23.5 Å². The minimum Gasteiger partial charge on any atom is -0.321 e. The van der Waals surface area contributed by atoms with Crippen LogP contribution in [-0.4, -0.2) is 10.5 Å². The molecule has 1 amide bonds. The normalized spacial score (nSPS) is 19.8. The monoisotopic (exact) mass is 316 g/mol. The summed E-state index contributed by atoms with van der Waals surface area (Å²) in [6.07, 6.45) is 2.50. The number of nitrogens with zero attached hydrogens (tertiary/aromatic N) is 1. The number of nitrogens with one attached hydrogen (secondary N) is 1. The molecular formula is C17H17ClN2O2. The number of anilines is 1. The van der Waals surface area contributed by atoms with Crippen molar-refractivity contribution in [3.63, 3.8) is 0 Å². The van der Waals surface area contributed by atoms with Crippen LogP contribution in [-0.2, 0) is 11.8 Å². The molecule has 2 atom stereocenters. The summed E-state index contributed by atoms with van der Waals surface area (Å²) in [4.78, 5) is 24.4. The number of aromatic nitrogens is 1. The van der Waals surface area contributed by atoms with Gasteiger partial charge in [0.05, 0.1) is 0 Å². The van der Waals surface area contributed by atoms with Crippen molar-refractivity contribution in [1.29, 1.82) is 0 Å². The Bertz CT molecular complexity index is 780. The molecule has 1 aliphatic rings. The van der Waals surface area contributed by atoms with Gasteiger partial charge in [-0.2, -0.15) is 0 Å². The molecule has 4 nitrogen and oxygen atoms in total. The molecule has 1 fully saturated rings. The van der Waals surface area contributed by atoms with Gasteiger partial charge in [0.1, 0.15) is 5.69 Å². The number of hydrogen-bond donors (Lipinski definition) is 1. The molecule has 1 aromatic heterocycles. The fraction of sp³-hybridized carbons (Fsp3) is 0.294. The third-order valence-corrected chi connectivity index (χ3v) is 4.40. The van der Waals surface area contributed by atoms with Gasteiger partial charge in [-0.25, -0.2) is 0 Å². The number of carbonyl (C=O) groups excluding carboxylic acids is 1. The second-order valence-corrected chi connectivity index (χ2v) is 6.22. The Balaban J connectivity index is 1.74. The van der Waals surface area contributed by atoms with Crippen molar-refractivity contribution in [2.75, 3.05) is 5.32 Å². The van der Waals surface area contributed by atoms with E-state index >= 15 is 0 Å². The quantitative estimate of drug-likeness (QED) is 0.946. The van der Waals surface area contributed by atoms with Gasteiger partial charge in [0.2, 0.25) is 5.91 Å². The first-order chi connectivity index (χ1) is 10.5. The number of halogens is 1. The number of pyridine rings is 1. The molecular weight excluding hydrogens is 300 g/mol. The van der Waals surface area contributed by atoms with Gasteiger partial charge in [0, 0.05) is 24.2 Å². The predicted molar refractivity (Wildman–Crippen MR) is 87.3 cm³/mol. The zero-order chi connectivity index (χ0) is 15.9. The fourth-order valence-corrected chi connectivity index (χ4v) is 2.78. The molecule has 1 aliphatic carbocycles. The van der Waals surface area contributed by atoms with Crippen molar-refractivity contribution < 1.29 is 4.79 Å². The van der Waals surface area contributed by atoms with Crippen LogP contribution in [0.25, 0.3) is 0 Å². The van der Waals surface area contributed by atoms with E-state index in [1.54, 1.807) is 13.2 Å². The van der Waals surface area contributed by atoms with E-state index in [1.807, 2.05) is 37.3 Å². The number of aryl methyl sites for hydroxylation is 2. The van der Waals surface area contributed by atoms with Crippen LogP contribution >= 0.6 is 11.6 Å². The number of hydrogen-bond acceptors (Lipinski definition) is 2. The molecule has 0 aliphatic heterocycles. The van der Waals surface area contributed by atoms with Crippen LogP contribution in [0.15, 0.2) is 41.3 Å². The summed E-state index contributed by atoms with van der Waals surface area (Å²) in [5.74, 6) is 0.0435. The average Bonchev–Trinajstić information content (AvgIpc) is 3.29. The van der Waals surface area contributed by atoms with Crippen LogP contribution in [0, 0.1) is 12.8 Å². The van der Waals surface area contributed by atoms with Gasteiger partial charge in [-0.3, -0.25) is 9.59 Å². The maximum Gasteiger partial charge on any atom is 0.274 e. The molecule has 1 aromatic carbocycles. The van der Waals surface area contributed by atoms with Gasteiger partial charge in [-0.15, -0.1) is 0 Å². The van der Waals surface area contributed by atoms with Crippen molar-refractivity contribution >= 4 is 23.2 Å². The Morgan fingerprint density at radius 1 is 1.27 bits per heavy atom. The summed E-state index contributed by atoms with van der Waals surface area (Å²) in [7, 11) is 1.67. The van der Waals surface area contributed by atoms with Gasteiger partial charge in [-0.1, -0.05) is 23.7 Å². The van der Waals surface area contributed by atoms with Crippen LogP contribution in [0.4, 0.5) is 5.69 Å². The van der Waals surface area contributed by atoms with E-state index < -0.39 is 0 Å². The standard InChI is InChI=1S/C17H17ClN2O2/c1-10-7-8-20(2)17(22)15(10)19-16(21)14-9-13(14)11-3-5-12(18)6-4-11/h3-8,13-14H,9H2,1-2H3,(H,19,21)/t13-,14-/m0/s1. The molecule has 114 valence electrons. The Morgan fingerprint density at radius 3 is 2.64 bits per heavy atom. The van der Waals surface area contributed by atoms with E-state index in [0.29, 0.717) is 10.7 Å². The SMILES string of the molecule is Cc1ccn(C)c(=O)c1NC(=O)[C@H]1C[C@H]1c1ccc(Cl)cc1. The van der Waals surface area contributed by atoms with Gasteiger partial charge in [0.15, 0.2) is 0 Å². The van der Waals surface area contributed by atoms with Gasteiger partial charge >= 0.3 is 0 Å². The highest BCUT2D eigenvalue weighted by molar-refractivity contribution is 6.30. The minimum atomic E-state index is -0.183. The maximum atomic E-state index is 12.4. The van der Waals surface area contributed by atoms with E-state index in [4.69, 9.17) is 11.6 Å². The van der Waals surface area contributed by atoms with Crippen LogP contribution in [0.3, 0.4) is 0 Å². The van der Waals surface area contributed by atoms with Crippen molar-refractivity contribution in [1.82, 2.24) is 4.57 Å². The molecule has 0 unspecified atom stereocenters. The van der Waals surface area contributed by atoms with Crippen molar-refractivity contribution in [2.24, 2.45) is 13.0 Å². The summed E-state index contributed by atoms with van der Waals surface area (Å²) in [5.41, 5.74) is 2.08. The molecule has 0 bridgehead atoms. The molecule has 22 heavy (non-hydrogen) atoms. The molecule has 0 spiro atoms. The summed E-state index contributed by atoms with van der Waals surface area (Å²) in [6.45, 7) is 1.82.